The fourth-order valence-corrected chi connectivity index (χ4v) is 19.4. The van der Waals surface area contributed by atoms with Crippen LogP contribution in [0.2, 0.25) is 0 Å². The minimum atomic E-state index is -1.46. The van der Waals surface area contributed by atoms with E-state index < -0.39 is 35.9 Å². The van der Waals surface area contributed by atoms with Crippen LogP contribution in [0.15, 0.2) is 84.3 Å². The van der Waals surface area contributed by atoms with Gasteiger partial charge >= 0.3 is 0 Å². The third-order valence-corrected chi connectivity index (χ3v) is 22.8. The second kappa shape index (κ2) is 22.2. The number of hydrogen-bond acceptors (Lipinski definition) is 13. The molecule has 436 valence electrons. The highest BCUT2D eigenvalue weighted by Gasteiger charge is 2.68. The Morgan fingerprint density at radius 3 is 2.51 bits per heavy atom. The van der Waals surface area contributed by atoms with Crippen molar-refractivity contribution in [2.45, 2.75) is 158 Å². The number of Topliss-reactive ketones (excluding diaryl/α,β-unsaturated/α-hetero) is 2. The van der Waals surface area contributed by atoms with Gasteiger partial charge in [-0.1, -0.05) is 80.1 Å². The lowest BCUT2D eigenvalue weighted by atomic mass is 9.39. The molecule has 0 amide bonds. The molecule has 13 rings (SSSR count). The van der Waals surface area contributed by atoms with Gasteiger partial charge in [-0.2, -0.15) is 0 Å². The van der Waals surface area contributed by atoms with Gasteiger partial charge in [0.1, 0.15) is 11.2 Å². The minimum Gasteiger partial charge on any atom is -0.504 e. The molecule has 12 N–H and O–H groups in total. The maximum Gasteiger partial charge on any atom is 0.160 e. The second-order valence-corrected chi connectivity index (χ2v) is 26.6. The molecule has 5 fully saturated rings. The van der Waals surface area contributed by atoms with Crippen LogP contribution in [-0.4, -0.2) is 111 Å². The smallest absolute Gasteiger partial charge is 0.160 e. The number of benzene rings is 3. The summed E-state index contributed by atoms with van der Waals surface area (Å²) < 4.78 is 5.60. The number of nitrogens with one attached hydrogen (secondary N) is 4. The highest BCUT2D eigenvalue weighted by molar-refractivity contribution is 5.89. The molecule has 1 aromatic heterocycles. The van der Waals surface area contributed by atoms with E-state index in [1.807, 2.05) is 18.2 Å². The number of dihydropyridines is 1. The maximum atomic E-state index is 15.2. The summed E-state index contributed by atoms with van der Waals surface area (Å²) in [6.45, 7) is 4.96. The molecule has 4 saturated carbocycles. The lowest BCUT2D eigenvalue weighted by Crippen LogP contribution is -2.68. The van der Waals surface area contributed by atoms with Gasteiger partial charge in [0.2, 0.25) is 0 Å². The number of carbonyl (C=O) groups is 2. The predicted molar refractivity (Wildman–Crippen MR) is 313 cm³/mol. The van der Waals surface area contributed by atoms with Crippen molar-refractivity contribution in [3.63, 3.8) is 0 Å². The molecule has 4 aromatic rings. The summed E-state index contributed by atoms with van der Waals surface area (Å²) in [4.78, 5) is 33.8. The number of phenols is 1. The topological polar surface area (TPSA) is 243 Å². The van der Waals surface area contributed by atoms with E-state index in [-0.39, 0.29) is 126 Å². The average molecular weight is 1120 g/mol. The number of phenolic OH excluding ortho intramolecular Hbond substituents is 1. The normalized spacial score (nSPS) is 34.3. The Balaban J connectivity index is 0.833. The summed E-state index contributed by atoms with van der Waals surface area (Å²) in [5.74, 6) is 8.27. The third-order valence-electron chi connectivity index (χ3n) is 22.8. The number of nitrogens with two attached hydrogens (primary N) is 1. The summed E-state index contributed by atoms with van der Waals surface area (Å²) in [6.07, 6.45) is 9.98. The van der Waals surface area contributed by atoms with E-state index in [9.17, 15) is 35.4 Å². The molecule has 9 aliphatic rings. The van der Waals surface area contributed by atoms with E-state index in [0.717, 1.165) is 66.4 Å². The lowest BCUT2D eigenvalue weighted by Gasteiger charge is -2.66. The lowest BCUT2D eigenvalue weighted by molar-refractivity contribution is -0.151. The van der Waals surface area contributed by atoms with Crippen molar-refractivity contribution < 1.29 is 45.0 Å². The summed E-state index contributed by atoms with van der Waals surface area (Å²) in [7, 11) is 1.48. The van der Waals surface area contributed by atoms with E-state index in [1.165, 1.54) is 36.8 Å². The minimum absolute atomic E-state index is 0.00938. The zero-order chi connectivity index (χ0) is 56.8. The number of methoxy groups -OCH3 is 1. The number of piperidine rings is 1. The Morgan fingerprint density at radius 1 is 0.927 bits per heavy atom. The maximum absolute atomic E-state index is 15.2. The van der Waals surface area contributed by atoms with Gasteiger partial charge in [0.25, 0.3) is 0 Å². The fourth-order valence-electron chi connectivity index (χ4n) is 19.4. The van der Waals surface area contributed by atoms with Crippen LogP contribution in [0.3, 0.4) is 0 Å². The molecule has 0 bridgehead atoms. The van der Waals surface area contributed by atoms with Crippen LogP contribution < -0.4 is 26.4 Å². The van der Waals surface area contributed by atoms with E-state index in [4.69, 9.17) is 10.5 Å². The Kier molecular flexibility index (Phi) is 15.0. The Labute approximate surface area is 482 Å². The molecule has 17 unspecified atom stereocenters. The molecule has 14 heteroatoms. The number of aromatic nitrogens is 1. The van der Waals surface area contributed by atoms with Crippen LogP contribution in [-0.2, 0) is 22.4 Å². The standard InChI is InChI=1S/C68H85N5O9/c1-3-70-34-48-59(44(13-15-58(80)81)47-35-72-49-31-53(77)65-64-60-43(32-67(65)19-6-7-20-67)33-73-66(60)62(48)61(47)63(49)64)42-17-22-68(56(79)27-42)21-16-40(46-30-52(76)54(82-2)26-39(46)12-14-55(68)78)25-50(74)51(75)29-45(41-18-23-71-57(69)28-41)38-11-10-36-8-4-5-9-37(36)24-38/h4-5,8-11,18,24,26,28,30,33,40,42,44-45,47-51,56,58-59,61-65,70-76,79-81H,3,6-7,12-15,17,19-20,22-23,25,27,29,31-32,34-35,69H2,1-2H3. The van der Waals surface area contributed by atoms with Gasteiger partial charge in [-0.05, 0) is 199 Å². The molecule has 82 heavy (non-hydrogen) atoms. The van der Waals surface area contributed by atoms with E-state index in [1.54, 1.807) is 12.1 Å². The number of aromatic amines is 1. The molecule has 2 aliphatic heterocycles. The number of hydrogen-bond donors (Lipinski definition) is 11. The summed E-state index contributed by atoms with van der Waals surface area (Å²) in [5.41, 5.74) is 12.3. The van der Waals surface area contributed by atoms with Gasteiger partial charge in [0, 0.05) is 66.9 Å². The van der Waals surface area contributed by atoms with Crippen molar-refractivity contribution in [3.8, 4) is 23.3 Å². The molecule has 0 radical (unpaired) electrons. The van der Waals surface area contributed by atoms with Gasteiger partial charge in [-0.3, -0.25) is 9.59 Å². The van der Waals surface area contributed by atoms with Gasteiger partial charge in [-0.15, -0.1) is 0 Å². The van der Waals surface area contributed by atoms with Crippen molar-refractivity contribution in [3.05, 3.63) is 118 Å². The quantitative estimate of drug-likeness (QED) is 0.0417. The predicted octanol–water partition coefficient (Wildman–Crippen LogP) is 7.22. The van der Waals surface area contributed by atoms with Crippen LogP contribution in [0.1, 0.15) is 148 Å². The molecule has 7 aliphatic carbocycles. The first-order valence-corrected chi connectivity index (χ1v) is 31.1. The summed E-state index contributed by atoms with van der Waals surface area (Å²) in [5, 5.41) is 83.2. The number of ether oxygens (including phenoxy) is 1. The van der Waals surface area contributed by atoms with Crippen LogP contribution >= 0.6 is 0 Å². The van der Waals surface area contributed by atoms with Gasteiger partial charge < -0.3 is 62.0 Å². The third kappa shape index (κ3) is 9.44. The molecule has 2 spiro atoms. The van der Waals surface area contributed by atoms with Crippen molar-refractivity contribution in [1.82, 2.24) is 20.9 Å². The molecule has 17 atom stereocenters. The van der Waals surface area contributed by atoms with Crippen molar-refractivity contribution in [2.24, 2.45) is 63.9 Å². The number of aromatic hydroxyl groups is 1. The highest BCUT2D eigenvalue weighted by Crippen LogP contribution is 2.71. The van der Waals surface area contributed by atoms with E-state index in [0.29, 0.717) is 55.8 Å². The van der Waals surface area contributed by atoms with Crippen molar-refractivity contribution in [1.29, 1.82) is 0 Å². The largest absolute Gasteiger partial charge is 0.504 e. The highest BCUT2D eigenvalue weighted by atomic mass is 16.5. The fraction of sp³-hybridized carbons (Fsp3) is 0.588. The number of allylic oxidation sites excluding steroid dienone is 2. The number of aliphatic hydroxyl groups is 5. The summed E-state index contributed by atoms with van der Waals surface area (Å²) in [6, 6.07) is 17.9. The Bertz CT molecular complexity index is 3220. The first kappa shape index (κ1) is 55.7. The van der Waals surface area contributed by atoms with Crippen LogP contribution in [0.4, 0.5) is 0 Å². The summed E-state index contributed by atoms with van der Waals surface area (Å²) >= 11 is 0. The SMILES string of the molecule is CCNCC1C2c3[nH]cc4c3C3C5C(CC(=O)C3C3(CCCC3)C4)NCC(C(CCC(O)O)C1C1CCC3(C#CC(CC(O)C(O)CC(C4=CCNC(N)=C4)c4ccc6ccccc6c4)c4cc(O)c(OC)cc4CCC3=O)C(O)C1)C25. The molecular weight excluding hydrogens is 1030 g/mol. The molecule has 3 heterocycles. The average Bonchev–Trinajstić information content (AvgIpc) is 1.60. The van der Waals surface area contributed by atoms with E-state index in [2.05, 4.69) is 82.3 Å². The Hall–Kier alpha value is -5.50. The van der Waals surface area contributed by atoms with Gasteiger partial charge in [0.15, 0.2) is 23.6 Å². The number of fused-ring (bicyclic) bond motifs is 4. The van der Waals surface area contributed by atoms with E-state index >= 15 is 4.79 Å². The van der Waals surface area contributed by atoms with Crippen molar-refractivity contribution >= 4 is 22.3 Å². The van der Waals surface area contributed by atoms with Crippen LogP contribution in [0.5, 0.6) is 11.5 Å². The first-order chi connectivity index (χ1) is 39.7. The van der Waals surface area contributed by atoms with Gasteiger partial charge in [-0.25, -0.2) is 0 Å². The zero-order valence-corrected chi connectivity index (χ0v) is 47.7. The number of aryl methyl sites for hydroxylation is 1. The van der Waals surface area contributed by atoms with Gasteiger partial charge in [0.05, 0.1) is 31.2 Å². The van der Waals surface area contributed by atoms with Crippen LogP contribution in [0, 0.1) is 70.0 Å². The molecule has 14 nitrogen and oxygen atoms in total. The Morgan fingerprint density at radius 2 is 1.74 bits per heavy atom. The monoisotopic (exact) mass is 1120 g/mol. The number of H-pyrrole nitrogens is 1. The second-order valence-electron chi connectivity index (χ2n) is 26.6. The first-order valence-electron chi connectivity index (χ1n) is 31.1. The number of aliphatic hydroxyl groups excluding tert-OH is 4. The number of rotatable bonds is 15. The molecule has 1 saturated heterocycles. The number of carbonyl (C=O) groups excluding carboxylic acids is 2. The zero-order valence-electron chi connectivity index (χ0n) is 47.7. The number of ketones is 2. The molecular formula is C68H85N5O9. The van der Waals surface area contributed by atoms with Crippen molar-refractivity contribution in [2.75, 3.05) is 33.3 Å². The molecule has 3 aromatic carbocycles. The van der Waals surface area contributed by atoms with Crippen LogP contribution in [0.25, 0.3) is 10.8 Å².